The monoisotopic (exact) mass is 337 g/mol. The second kappa shape index (κ2) is 7.16. The highest BCUT2D eigenvalue weighted by atomic mass is 32.1. The quantitative estimate of drug-likeness (QED) is 0.890. The molecular weight excluding hydrogens is 318 g/mol. The van der Waals surface area contributed by atoms with E-state index in [9.17, 15) is 4.79 Å². The topological polar surface area (TPSA) is 91.2 Å². The van der Waals surface area contributed by atoms with Crippen molar-refractivity contribution in [3.8, 4) is 0 Å². The van der Waals surface area contributed by atoms with Crippen LogP contribution in [0.2, 0.25) is 0 Å². The number of ether oxygens (including phenoxy) is 2. The molecule has 1 N–H and O–H groups in total. The molecule has 0 saturated carbocycles. The average Bonchev–Trinajstić information content (AvgIpc) is 3.15. The van der Waals surface area contributed by atoms with Gasteiger partial charge in [0.1, 0.15) is 12.3 Å². The Hall–Kier alpha value is -1.84. The summed E-state index contributed by atoms with van der Waals surface area (Å²) in [5, 5.41) is 7.69. The van der Waals surface area contributed by atoms with E-state index < -0.39 is 0 Å². The van der Waals surface area contributed by atoms with E-state index in [1.807, 2.05) is 6.07 Å². The van der Waals surface area contributed by atoms with Crippen LogP contribution in [0.3, 0.4) is 0 Å². The molecule has 1 amide bonds. The van der Waals surface area contributed by atoms with Crippen molar-refractivity contribution >= 4 is 22.6 Å². The predicted octanol–water partition coefficient (Wildman–Crippen LogP) is 1.56. The Balaban J connectivity index is 1.70. The van der Waals surface area contributed by atoms with E-state index in [-0.39, 0.29) is 5.91 Å². The number of hydrogen-bond acceptors (Lipinski definition) is 7. The molecular formula is C14H19N5O3S. The second-order valence-electron chi connectivity index (χ2n) is 5.37. The summed E-state index contributed by atoms with van der Waals surface area (Å²) >= 11 is 1.13. The fourth-order valence-electron chi connectivity index (χ4n) is 2.55. The van der Waals surface area contributed by atoms with Crippen molar-refractivity contribution in [1.82, 2.24) is 19.1 Å². The molecule has 3 heterocycles. The van der Waals surface area contributed by atoms with Crippen LogP contribution in [0.4, 0.5) is 5.13 Å². The molecule has 1 aliphatic rings. The molecule has 1 saturated heterocycles. The minimum Gasteiger partial charge on any atom is -0.381 e. The van der Waals surface area contributed by atoms with Gasteiger partial charge in [-0.1, -0.05) is 0 Å². The minimum absolute atomic E-state index is 0.238. The predicted molar refractivity (Wildman–Crippen MR) is 84.6 cm³/mol. The van der Waals surface area contributed by atoms with E-state index in [4.69, 9.17) is 9.47 Å². The SMILES string of the molecule is COCc1nsc(NC(=O)c2cc(C3CCOCC3)nn2C)n1. The summed E-state index contributed by atoms with van der Waals surface area (Å²) in [6.45, 7) is 1.82. The summed E-state index contributed by atoms with van der Waals surface area (Å²) in [4.78, 5) is 16.6. The van der Waals surface area contributed by atoms with E-state index in [1.54, 1.807) is 18.8 Å². The number of carbonyl (C=O) groups is 1. The van der Waals surface area contributed by atoms with Crippen molar-refractivity contribution in [2.75, 3.05) is 25.6 Å². The van der Waals surface area contributed by atoms with Crippen LogP contribution in [0.25, 0.3) is 0 Å². The number of nitrogens with zero attached hydrogens (tertiary/aromatic N) is 4. The van der Waals surface area contributed by atoms with Crippen molar-refractivity contribution in [2.24, 2.45) is 7.05 Å². The van der Waals surface area contributed by atoms with Gasteiger partial charge in [0.2, 0.25) is 5.13 Å². The highest BCUT2D eigenvalue weighted by Gasteiger charge is 2.22. The molecule has 3 rings (SSSR count). The lowest BCUT2D eigenvalue weighted by Crippen LogP contribution is -2.16. The van der Waals surface area contributed by atoms with Crippen LogP contribution in [0, 0.1) is 0 Å². The first-order chi connectivity index (χ1) is 11.2. The summed E-state index contributed by atoms with van der Waals surface area (Å²) in [5.74, 6) is 0.672. The molecule has 23 heavy (non-hydrogen) atoms. The molecule has 124 valence electrons. The Kier molecular flexibility index (Phi) is 4.99. The normalized spacial score (nSPS) is 15.7. The van der Waals surface area contributed by atoms with Gasteiger partial charge in [0.05, 0.1) is 5.69 Å². The van der Waals surface area contributed by atoms with E-state index in [0.29, 0.717) is 29.2 Å². The Morgan fingerprint density at radius 3 is 3.04 bits per heavy atom. The first-order valence-corrected chi connectivity index (χ1v) is 8.19. The highest BCUT2D eigenvalue weighted by Crippen LogP contribution is 2.26. The third kappa shape index (κ3) is 3.74. The maximum atomic E-state index is 12.4. The van der Waals surface area contributed by atoms with Gasteiger partial charge in [-0.2, -0.15) is 9.47 Å². The van der Waals surface area contributed by atoms with Gasteiger partial charge < -0.3 is 9.47 Å². The fourth-order valence-corrected chi connectivity index (χ4v) is 3.12. The van der Waals surface area contributed by atoms with Crippen LogP contribution in [0.5, 0.6) is 0 Å². The lowest BCUT2D eigenvalue weighted by molar-refractivity contribution is 0.0844. The average molecular weight is 337 g/mol. The molecule has 1 aliphatic heterocycles. The van der Waals surface area contributed by atoms with Crippen LogP contribution in [-0.2, 0) is 23.1 Å². The standard InChI is InChI=1S/C14H19N5O3S/c1-19-11(7-10(17-19)9-3-5-22-6-4-9)13(20)16-14-15-12(8-21-2)18-23-14/h7,9H,3-6,8H2,1-2H3,(H,15,16,18,20). The number of nitrogens with one attached hydrogen (secondary N) is 1. The second-order valence-corrected chi connectivity index (χ2v) is 6.12. The molecule has 0 atom stereocenters. The molecule has 0 unspecified atom stereocenters. The van der Waals surface area contributed by atoms with Crippen molar-refractivity contribution < 1.29 is 14.3 Å². The molecule has 2 aromatic heterocycles. The molecule has 2 aromatic rings. The first-order valence-electron chi connectivity index (χ1n) is 7.42. The minimum atomic E-state index is -0.238. The number of methoxy groups -OCH3 is 1. The summed E-state index contributed by atoms with van der Waals surface area (Å²) in [7, 11) is 3.35. The summed E-state index contributed by atoms with van der Waals surface area (Å²) in [6.07, 6.45) is 1.88. The maximum Gasteiger partial charge on any atom is 0.275 e. The zero-order chi connectivity index (χ0) is 16.2. The van der Waals surface area contributed by atoms with Gasteiger partial charge in [-0.05, 0) is 18.9 Å². The largest absolute Gasteiger partial charge is 0.381 e. The van der Waals surface area contributed by atoms with Crippen LogP contribution >= 0.6 is 11.5 Å². The molecule has 8 nitrogen and oxygen atoms in total. The lowest BCUT2D eigenvalue weighted by Gasteiger charge is -2.19. The van der Waals surface area contributed by atoms with Gasteiger partial charge in [0, 0.05) is 44.8 Å². The summed E-state index contributed by atoms with van der Waals surface area (Å²) < 4.78 is 16.1. The molecule has 9 heteroatoms. The van der Waals surface area contributed by atoms with Crippen LogP contribution in [0.1, 0.15) is 40.8 Å². The third-order valence-corrected chi connectivity index (χ3v) is 4.40. The number of amides is 1. The smallest absolute Gasteiger partial charge is 0.275 e. The molecule has 0 aliphatic carbocycles. The van der Waals surface area contributed by atoms with E-state index in [2.05, 4.69) is 19.8 Å². The van der Waals surface area contributed by atoms with Gasteiger partial charge in [-0.25, -0.2) is 4.98 Å². The fraction of sp³-hybridized carbons (Fsp3) is 0.571. The van der Waals surface area contributed by atoms with Gasteiger partial charge >= 0.3 is 0 Å². The number of rotatable bonds is 5. The van der Waals surface area contributed by atoms with Crippen LogP contribution in [-0.4, -0.2) is 45.4 Å². The zero-order valence-corrected chi connectivity index (χ0v) is 13.9. The van der Waals surface area contributed by atoms with Gasteiger partial charge in [0.25, 0.3) is 5.91 Å². The lowest BCUT2D eigenvalue weighted by atomic mass is 9.96. The van der Waals surface area contributed by atoms with Gasteiger partial charge in [-0.15, -0.1) is 0 Å². The molecule has 1 fully saturated rings. The number of carbonyl (C=O) groups excluding carboxylic acids is 1. The van der Waals surface area contributed by atoms with Crippen molar-refractivity contribution in [3.05, 3.63) is 23.3 Å². The van der Waals surface area contributed by atoms with Crippen molar-refractivity contribution in [2.45, 2.75) is 25.4 Å². The Morgan fingerprint density at radius 2 is 2.30 bits per heavy atom. The number of hydrogen-bond donors (Lipinski definition) is 1. The number of aromatic nitrogens is 4. The van der Waals surface area contributed by atoms with Crippen LogP contribution < -0.4 is 5.32 Å². The molecule has 0 radical (unpaired) electrons. The number of anilines is 1. The van der Waals surface area contributed by atoms with Gasteiger partial charge in [-0.3, -0.25) is 14.8 Å². The first kappa shape index (κ1) is 16.0. The molecule has 0 bridgehead atoms. The Bertz CT molecular complexity index is 678. The van der Waals surface area contributed by atoms with Crippen LogP contribution in [0.15, 0.2) is 6.07 Å². The zero-order valence-electron chi connectivity index (χ0n) is 13.1. The van der Waals surface area contributed by atoms with E-state index in [1.165, 1.54) is 0 Å². The third-order valence-electron chi connectivity index (χ3n) is 3.73. The maximum absolute atomic E-state index is 12.4. The Labute approximate surface area is 138 Å². The van der Waals surface area contributed by atoms with E-state index in [0.717, 1.165) is 43.3 Å². The highest BCUT2D eigenvalue weighted by molar-refractivity contribution is 7.09. The summed E-state index contributed by atoms with van der Waals surface area (Å²) in [5.41, 5.74) is 1.45. The number of aryl methyl sites for hydroxylation is 1. The summed E-state index contributed by atoms with van der Waals surface area (Å²) in [6, 6.07) is 1.85. The Morgan fingerprint density at radius 1 is 1.52 bits per heavy atom. The molecule has 0 spiro atoms. The van der Waals surface area contributed by atoms with Crippen molar-refractivity contribution in [3.63, 3.8) is 0 Å². The molecule has 0 aromatic carbocycles. The van der Waals surface area contributed by atoms with Crippen molar-refractivity contribution in [1.29, 1.82) is 0 Å². The van der Waals surface area contributed by atoms with E-state index >= 15 is 0 Å². The van der Waals surface area contributed by atoms with Gasteiger partial charge in [0.15, 0.2) is 5.82 Å².